The van der Waals surface area contributed by atoms with Gasteiger partial charge in [0.15, 0.2) is 0 Å². The number of hydrogen-bond donors (Lipinski definition) is 2. The molecule has 1 amide bonds. The highest BCUT2D eigenvalue weighted by Gasteiger charge is 2.15. The Labute approximate surface area is 124 Å². The summed E-state index contributed by atoms with van der Waals surface area (Å²) in [5, 5.41) is 12.5. The lowest BCUT2D eigenvalue weighted by atomic mass is 10.1. The normalized spacial score (nSPS) is 10.4. The molecule has 104 valence electrons. The third-order valence-corrected chi connectivity index (χ3v) is 3.88. The Balaban J connectivity index is 2.33. The van der Waals surface area contributed by atoms with Crippen LogP contribution in [0.1, 0.15) is 21.5 Å². The first-order valence-corrected chi connectivity index (χ1v) is 6.75. The average molecular weight is 338 g/mol. The van der Waals surface area contributed by atoms with Gasteiger partial charge in [-0.1, -0.05) is 12.1 Å². The maximum atomic E-state index is 13.4. The summed E-state index contributed by atoms with van der Waals surface area (Å²) < 4.78 is 13.5. The average Bonchev–Trinajstić information content (AvgIpc) is 2.42. The van der Waals surface area contributed by atoms with Gasteiger partial charge in [-0.05, 0) is 53.5 Å². The minimum absolute atomic E-state index is 0.117. The summed E-state index contributed by atoms with van der Waals surface area (Å²) in [6.07, 6.45) is 0. The Hall–Kier alpha value is -1.88. The smallest absolute Gasteiger partial charge is 0.256 e. The number of carbonyl (C=O) groups excluding carboxylic acids is 1. The van der Waals surface area contributed by atoms with Crippen molar-refractivity contribution in [3.05, 3.63) is 57.3 Å². The number of carbonyl (C=O) groups is 1. The second-order valence-electron chi connectivity index (χ2n) is 4.46. The quantitative estimate of drug-likeness (QED) is 0.864. The molecular weight excluding hydrogens is 325 g/mol. The van der Waals surface area contributed by atoms with E-state index in [2.05, 4.69) is 21.2 Å². The highest BCUT2D eigenvalue weighted by atomic mass is 79.9. The number of phenols is 1. The molecule has 2 rings (SSSR count). The summed E-state index contributed by atoms with van der Waals surface area (Å²) in [6, 6.07) is 7.66. The number of phenolic OH excluding ortho intramolecular Hbond substituents is 1. The molecule has 0 radical (unpaired) electrons. The largest absolute Gasteiger partial charge is 0.507 e. The molecule has 2 aromatic rings. The van der Waals surface area contributed by atoms with E-state index >= 15 is 0 Å². The minimum Gasteiger partial charge on any atom is -0.507 e. The summed E-state index contributed by atoms with van der Waals surface area (Å²) in [5.41, 5.74) is 2.00. The van der Waals surface area contributed by atoms with Gasteiger partial charge in [0.05, 0.1) is 10.0 Å². The van der Waals surface area contributed by atoms with Crippen molar-refractivity contribution in [3.8, 4) is 5.75 Å². The molecule has 3 nitrogen and oxygen atoms in total. The van der Waals surface area contributed by atoms with Crippen molar-refractivity contribution >= 4 is 27.5 Å². The van der Waals surface area contributed by atoms with E-state index < -0.39 is 11.7 Å². The Morgan fingerprint density at radius 2 is 1.95 bits per heavy atom. The molecule has 0 aliphatic rings. The van der Waals surface area contributed by atoms with E-state index in [1.165, 1.54) is 18.2 Å². The van der Waals surface area contributed by atoms with Crippen molar-refractivity contribution < 1.29 is 14.3 Å². The highest BCUT2D eigenvalue weighted by molar-refractivity contribution is 9.10. The molecule has 0 bridgehead atoms. The summed E-state index contributed by atoms with van der Waals surface area (Å²) in [5.74, 6) is -0.801. The van der Waals surface area contributed by atoms with Crippen molar-refractivity contribution in [2.45, 2.75) is 13.8 Å². The Morgan fingerprint density at radius 1 is 1.25 bits per heavy atom. The third kappa shape index (κ3) is 2.67. The van der Waals surface area contributed by atoms with E-state index in [0.717, 1.165) is 5.56 Å². The lowest BCUT2D eigenvalue weighted by molar-refractivity contribution is 0.102. The van der Waals surface area contributed by atoms with E-state index in [0.29, 0.717) is 11.3 Å². The molecule has 0 unspecified atom stereocenters. The lowest BCUT2D eigenvalue weighted by Crippen LogP contribution is -2.14. The van der Waals surface area contributed by atoms with Crippen LogP contribution in [-0.2, 0) is 0 Å². The van der Waals surface area contributed by atoms with Crippen LogP contribution < -0.4 is 5.32 Å². The van der Waals surface area contributed by atoms with Gasteiger partial charge < -0.3 is 10.4 Å². The van der Waals surface area contributed by atoms with E-state index in [9.17, 15) is 14.3 Å². The van der Waals surface area contributed by atoms with Crippen molar-refractivity contribution in [1.82, 2.24) is 0 Å². The van der Waals surface area contributed by atoms with Crippen LogP contribution in [0.3, 0.4) is 0 Å². The zero-order valence-electron chi connectivity index (χ0n) is 11.0. The van der Waals surface area contributed by atoms with Crippen molar-refractivity contribution in [1.29, 1.82) is 0 Å². The van der Waals surface area contributed by atoms with Gasteiger partial charge in [0.1, 0.15) is 11.6 Å². The van der Waals surface area contributed by atoms with Gasteiger partial charge >= 0.3 is 0 Å². The standard InChI is InChI=1S/C15H13BrFNO2/c1-8-6-7-12(9(2)14(8)19)18-15(20)10-4-3-5-11(17)13(10)16/h3-7,19H,1-2H3,(H,18,20). The predicted octanol–water partition coefficient (Wildman–Crippen LogP) is 4.16. The summed E-state index contributed by atoms with van der Waals surface area (Å²) in [6.45, 7) is 3.48. The van der Waals surface area contributed by atoms with Crippen molar-refractivity contribution in [2.75, 3.05) is 5.32 Å². The molecule has 0 spiro atoms. The van der Waals surface area contributed by atoms with Gasteiger partial charge in [-0.2, -0.15) is 0 Å². The van der Waals surface area contributed by atoms with Gasteiger partial charge in [0.2, 0.25) is 0 Å². The number of hydrogen-bond acceptors (Lipinski definition) is 2. The number of halogens is 2. The SMILES string of the molecule is Cc1ccc(NC(=O)c2cccc(F)c2Br)c(C)c1O. The molecule has 5 heteroatoms. The zero-order valence-corrected chi connectivity index (χ0v) is 12.6. The van der Waals surface area contributed by atoms with Crippen LogP contribution in [0.15, 0.2) is 34.8 Å². The van der Waals surface area contributed by atoms with E-state index in [1.807, 2.05) is 0 Å². The molecule has 2 N–H and O–H groups in total. The number of aryl methyl sites for hydroxylation is 1. The van der Waals surface area contributed by atoms with Crippen LogP contribution in [0.2, 0.25) is 0 Å². The molecule has 20 heavy (non-hydrogen) atoms. The molecule has 0 fully saturated rings. The third-order valence-electron chi connectivity index (χ3n) is 3.08. The van der Waals surface area contributed by atoms with Gasteiger partial charge in [-0.15, -0.1) is 0 Å². The summed E-state index contributed by atoms with van der Waals surface area (Å²) >= 11 is 3.05. The van der Waals surface area contributed by atoms with Crippen LogP contribution in [-0.4, -0.2) is 11.0 Å². The van der Waals surface area contributed by atoms with Gasteiger partial charge in [0.25, 0.3) is 5.91 Å². The molecule has 0 aromatic heterocycles. The second kappa shape index (κ2) is 5.63. The monoisotopic (exact) mass is 337 g/mol. The minimum atomic E-state index is -0.499. The summed E-state index contributed by atoms with van der Waals surface area (Å²) in [7, 11) is 0. The van der Waals surface area contributed by atoms with Gasteiger partial charge in [0, 0.05) is 11.3 Å². The second-order valence-corrected chi connectivity index (χ2v) is 5.25. The molecule has 0 saturated carbocycles. The first kappa shape index (κ1) is 14.5. The fraction of sp³-hybridized carbons (Fsp3) is 0.133. The van der Waals surface area contributed by atoms with Crippen LogP contribution in [0.25, 0.3) is 0 Å². The first-order chi connectivity index (χ1) is 9.41. The Morgan fingerprint density at radius 3 is 2.65 bits per heavy atom. The molecular formula is C15H13BrFNO2. The van der Waals surface area contributed by atoms with Crippen LogP contribution >= 0.6 is 15.9 Å². The van der Waals surface area contributed by atoms with Crippen molar-refractivity contribution in [3.63, 3.8) is 0 Å². The number of anilines is 1. The van der Waals surface area contributed by atoms with Crippen LogP contribution in [0.4, 0.5) is 10.1 Å². The molecule has 2 aromatic carbocycles. The first-order valence-electron chi connectivity index (χ1n) is 5.96. The molecule has 0 saturated heterocycles. The Bertz CT molecular complexity index is 686. The Kier molecular flexibility index (Phi) is 4.09. The fourth-order valence-corrected chi connectivity index (χ4v) is 2.28. The lowest BCUT2D eigenvalue weighted by Gasteiger charge is -2.12. The maximum absolute atomic E-state index is 13.4. The molecule has 0 aliphatic heterocycles. The zero-order chi connectivity index (χ0) is 14.9. The highest BCUT2D eigenvalue weighted by Crippen LogP contribution is 2.29. The number of amides is 1. The van der Waals surface area contributed by atoms with E-state index in [4.69, 9.17) is 0 Å². The predicted molar refractivity (Wildman–Crippen MR) is 79.6 cm³/mol. The van der Waals surface area contributed by atoms with Crippen molar-refractivity contribution in [2.24, 2.45) is 0 Å². The summed E-state index contributed by atoms with van der Waals surface area (Å²) in [4.78, 5) is 12.1. The number of aromatic hydroxyl groups is 1. The molecule has 0 atom stereocenters. The van der Waals surface area contributed by atoms with Crippen LogP contribution in [0, 0.1) is 19.7 Å². The topological polar surface area (TPSA) is 49.3 Å². The number of nitrogens with one attached hydrogen (secondary N) is 1. The fourth-order valence-electron chi connectivity index (χ4n) is 1.84. The van der Waals surface area contributed by atoms with Gasteiger partial charge in [-0.25, -0.2) is 4.39 Å². The number of rotatable bonds is 2. The maximum Gasteiger partial charge on any atom is 0.256 e. The molecule has 0 heterocycles. The van der Waals surface area contributed by atoms with E-state index in [-0.39, 0.29) is 15.8 Å². The number of benzene rings is 2. The molecule has 0 aliphatic carbocycles. The van der Waals surface area contributed by atoms with E-state index in [1.54, 1.807) is 26.0 Å². The van der Waals surface area contributed by atoms with Crippen LogP contribution in [0.5, 0.6) is 5.75 Å². The van der Waals surface area contributed by atoms with Gasteiger partial charge in [-0.3, -0.25) is 4.79 Å².